The fourth-order valence-electron chi connectivity index (χ4n) is 1.63. The average Bonchev–Trinajstić information content (AvgIpc) is 2.02. The first kappa shape index (κ1) is 10.8. The predicted octanol–water partition coefficient (Wildman–Crippen LogP) is 3.33. The van der Waals surface area contributed by atoms with Crippen LogP contribution < -0.4 is 5.32 Å². The van der Waals surface area contributed by atoms with E-state index in [1.165, 1.54) is 5.57 Å². The van der Waals surface area contributed by atoms with Gasteiger partial charge in [0.15, 0.2) is 0 Å². The Balaban J connectivity index is 2.72. The molecule has 0 radical (unpaired) electrons. The van der Waals surface area contributed by atoms with E-state index in [1.807, 2.05) is 13.8 Å². The van der Waals surface area contributed by atoms with Gasteiger partial charge in [0.05, 0.1) is 5.54 Å². The molecule has 0 heterocycles. The molecular weight excluding hydrogens is 170 g/mol. The summed E-state index contributed by atoms with van der Waals surface area (Å²) in [7, 11) is 0. The van der Waals surface area contributed by atoms with Crippen LogP contribution in [0, 0.1) is 0 Å². The lowest BCUT2D eigenvalue weighted by Crippen LogP contribution is -2.39. The number of rotatable bonds is 3. The highest BCUT2D eigenvalue weighted by Gasteiger charge is 2.21. The smallest absolute Gasteiger partial charge is 0.0562 e. The summed E-state index contributed by atoms with van der Waals surface area (Å²) in [5, 5.41) is 3.36. The van der Waals surface area contributed by atoms with Crippen molar-refractivity contribution in [2.24, 2.45) is 0 Å². The summed E-state index contributed by atoms with van der Waals surface area (Å²) < 4.78 is 0. The zero-order valence-electron chi connectivity index (χ0n) is 9.35. The molecule has 0 aromatic carbocycles. The maximum Gasteiger partial charge on any atom is 0.0562 e. The van der Waals surface area contributed by atoms with E-state index >= 15 is 0 Å². The van der Waals surface area contributed by atoms with Crippen molar-refractivity contribution in [3.63, 3.8) is 0 Å². The van der Waals surface area contributed by atoms with Gasteiger partial charge < -0.3 is 5.32 Å². The lowest BCUT2D eigenvalue weighted by atomic mass is 9.88. The van der Waals surface area contributed by atoms with Gasteiger partial charge in [0, 0.05) is 5.70 Å². The zero-order valence-corrected chi connectivity index (χ0v) is 9.35. The molecule has 76 valence electrons. The van der Waals surface area contributed by atoms with Gasteiger partial charge in [0.25, 0.3) is 0 Å². The number of hydrogen-bond acceptors (Lipinski definition) is 1. The summed E-state index contributed by atoms with van der Waals surface area (Å²) >= 11 is 0. The van der Waals surface area contributed by atoms with Crippen molar-refractivity contribution in [3.8, 4) is 0 Å². The number of nitrogens with one attached hydrogen (secondary N) is 1. The van der Waals surface area contributed by atoms with E-state index in [9.17, 15) is 0 Å². The Hall–Kier alpha value is -1.24. The molecule has 1 rings (SSSR count). The van der Waals surface area contributed by atoms with Crippen molar-refractivity contribution in [1.29, 1.82) is 0 Å². The normalized spacial score (nSPS) is 25.5. The highest BCUT2D eigenvalue weighted by atomic mass is 15.0. The second-order valence-electron chi connectivity index (χ2n) is 4.30. The Kier molecular flexibility index (Phi) is 3.00. The molecule has 0 aliphatic heterocycles. The summed E-state index contributed by atoms with van der Waals surface area (Å²) in [4.78, 5) is 0. The lowest BCUT2D eigenvalue weighted by Gasteiger charge is -2.30. The Bertz CT molecular complexity index is 320. The Morgan fingerprint density at radius 3 is 2.43 bits per heavy atom. The third-order valence-corrected chi connectivity index (χ3v) is 2.37. The average molecular weight is 189 g/mol. The van der Waals surface area contributed by atoms with Crippen molar-refractivity contribution in [2.45, 2.75) is 32.7 Å². The maximum absolute atomic E-state index is 3.93. The van der Waals surface area contributed by atoms with Gasteiger partial charge in [-0.25, -0.2) is 0 Å². The van der Waals surface area contributed by atoms with Crippen LogP contribution in [-0.2, 0) is 0 Å². The van der Waals surface area contributed by atoms with Crippen LogP contribution in [0.5, 0.6) is 0 Å². The van der Waals surface area contributed by atoms with Crippen LogP contribution in [0.4, 0.5) is 0 Å². The molecule has 0 spiro atoms. The quantitative estimate of drug-likeness (QED) is 0.718. The van der Waals surface area contributed by atoms with Crippen molar-refractivity contribution >= 4 is 0 Å². The van der Waals surface area contributed by atoms with Gasteiger partial charge in [-0.1, -0.05) is 37.0 Å². The van der Waals surface area contributed by atoms with Crippen LogP contribution in [0.15, 0.2) is 48.2 Å². The van der Waals surface area contributed by atoms with E-state index in [-0.39, 0.29) is 5.54 Å². The third kappa shape index (κ3) is 2.63. The van der Waals surface area contributed by atoms with Crippen LogP contribution in [0.1, 0.15) is 27.2 Å². The summed E-state index contributed by atoms with van der Waals surface area (Å²) in [6, 6.07) is 0. The molecule has 1 N–H and O–H groups in total. The summed E-state index contributed by atoms with van der Waals surface area (Å²) in [5.41, 5.74) is 3.39. The largest absolute Gasteiger partial charge is 0.380 e. The monoisotopic (exact) mass is 189 g/mol. The molecule has 1 aliphatic rings. The molecule has 0 bridgehead atoms. The van der Waals surface area contributed by atoms with E-state index < -0.39 is 0 Å². The Labute approximate surface area is 86.9 Å². The highest BCUT2D eigenvalue weighted by molar-refractivity contribution is 5.41. The summed E-state index contributed by atoms with van der Waals surface area (Å²) in [6.07, 6.45) is 7.52. The van der Waals surface area contributed by atoms with Crippen molar-refractivity contribution in [2.75, 3.05) is 0 Å². The molecule has 1 aliphatic carbocycles. The minimum absolute atomic E-state index is 0.0186. The molecular formula is C13H19N. The fraction of sp³-hybridized carbons (Fsp3) is 0.385. The zero-order chi connectivity index (χ0) is 10.8. The molecule has 1 atom stereocenters. The van der Waals surface area contributed by atoms with Crippen LogP contribution in [0.25, 0.3) is 0 Å². The lowest BCUT2D eigenvalue weighted by molar-refractivity contribution is 0.485. The molecule has 0 saturated heterocycles. The summed E-state index contributed by atoms with van der Waals surface area (Å²) in [5.74, 6) is 0. The highest BCUT2D eigenvalue weighted by Crippen LogP contribution is 2.24. The number of hydrogen-bond donors (Lipinski definition) is 1. The van der Waals surface area contributed by atoms with Gasteiger partial charge in [-0.2, -0.15) is 0 Å². The molecule has 14 heavy (non-hydrogen) atoms. The fourth-order valence-corrected chi connectivity index (χ4v) is 1.63. The molecule has 0 aromatic heterocycles. The minimum atomic E-state index is 0.0186. The van der Waals surface area contributed by atoms with Gasteiger partial charge in [-0.3, -0.25) is 0 Å². The topological polar surface area (TPSA) is 12.0 Å². The van der Waals surface area contributed by atoms with E-state index in [4.69, 9.17) is 0 Å². The first-order valence-electron chi connectivity index (χ1n) is 4.92. The van der Waals surface area contributed by atoms with Crippen molar-refractivity contribution in [1.82, 2.24) is 5.32 Å². The second kappa shape index (κ2) is 3.87. The third-order valence-electron chi connectivity index (χ3n) is 2.37. The Morgan fingerprint density at radius 1 is 1.43 bits per heavy atom. The Morgan fingerprint density at radius 2 is 2.07 bits per heavy atom. The maximum atomic E-state index is 3.93. The van der Waals surface area contributed by atoms with Crippen molar-refractivity contribution in [3.05, 3.63) is 48.2 Å². The van der Waals surface area contributed by atoms with Crippen molar-refractivity contribution < 1.29 is 0 Å². The molecule has 1 heteroatoms. The van der Waals surface area contributed by atoms with Crippen LogP contribution >= 0.6 is 0 Å². The molecule has 1 nitrogen and oxygen atoms in total. The first-order valence-corrected chi connectivity index (χ1v) is 4.92. The van der Waals surface area contributed by atoms with E-state index in [0.29, 0.717) is 0 Å². The SMILES string of the molecule is C=C(C)NC1(C)C=CC(C(=C)C)=CC1. The van der Waals surface area contributed by atoms with Crippen LogP contribution in [-0.4, -0.2) is 5.54 Å². The summed E-state index contributed by atoms with van der Waals surface area (Å²) in [6.45, 7) is 14.0. The number of allylic oxidation sites excluding steroid dienone is 4. The van der Waals surface area contributed by atoms with Gasteiger partial charge >= 0.3 is 0 Å². The van der Waals surface area contributed by atoms with Gasteiger partial charge in [-0.05, 0) is 32.8 Å². The van der Waals surface area contributed by atoms with Gasteiger partial charge in [0.2, 0.25) is 0 Å². The molecule has 0 fully saturated rings. The minimum Gasteiger partial charge on any atom is -0.380 e. The van der Waals surface area contributed by atoms with E-state index in [1.54, 1.807) is 0 Å². The van der Waals surface area contributed by atoms with E-state index in [0.717, 1.165) is 17.7 Å². The molecule has 0 saturated carbocycles. The van der Waals surface area contributed by atoms with Crippen LogP contribution in [0.3, 0.4) is 0 Å². The second-order valence-corrected chi connectivity index (χ2v) is 4.30. The predicted molar refractivity (Wildman–Crippen MR) is 63.0 cm³/mol. The first-order chi connectivity index (χ1) is 6.43. The molecule has 0 aromatic rings. The van der Waals surface area contributed by atoms with Gasteiger partial charge in [-0.15, -0.1) is 0 Å². The van der Waals surface area contributed by atoms with Crippen LogP contribution in [0.2, 0.25) is 0 Å². The van der Waals surface area contributed by atoms with Gasteiger partial charge in [0.1, 0.15) is 0 Å². The molecule has 1 unspecified atom stereocenters. The van der Waals surface area contributed by atoms with E-state index in [2.05, 4.69) is 43.6 Å². The standard InChI is InChI=1S/C13H19N/c1-10(2)12-6-8-13(5,9-7-12)14-11(3)4/h6-8,14H,1,3,9H2,2,4-5H3. The molecule has 0 amide bonds.